The highest BCUT2D eigenvalue weighted by Crippen LogP contribution is 2.08. The summed E-state index contributed by atoms with van der Waals surface area (Å²) in [7, 11) is 1.18. The zero-order valence-electron chi connectivity index (χ0n) is 7.84. The molecule has 0 aromatic rings. The number of aliphatic carboxylic acids is 1. The Labute approximate surface area is 84.6 Å². The highest BCUT2D eigenvalue weighted by atomic mass is 16.4. The Bertz CT molecular complexity index is 373. The third-order valence-corrected chi connectivity index (χ3v) is 1.80. The van der Waals surface area contributed by atoms with E-state index in [4.69, 9.17) is 5.11 Å². The average Bonchev–Trinajstić information content (AvgIpc) is 2.34. The Kier molecular flexibility index (Phi) is 2.84. The number of rotatable bonds is 3. The molecule has 7 nitrogen and oxygen atoms in total. The van der Waals surface area contributed by atoms with Gasteiger partial charge in [0.2, 0.25) is 0 Å². The zero-order valence-corrected chi connectivity index (χ0v) is 7.84. The fourth-order valence-electron chi connectivity index (χ4n) is 1.03. The van der Waals surface area contributed by atoms with Gasteiger partial charge in [0, 0.05) is 19.7 Å². The number of likely N-dealkylation sites (N-methyl/N-ethyl adjacent to an activating group) is 1. The number of carboxylic acids is 1. The van der Waals surface area contributed by atoms with Gasteiger partial charge < -0.3 is 5.11 Å². The highest BCUT2D eigenvalue weighted by molar-refractivity contribution is 6.44. The zero-order chi connectivity index (χ0) is 11.6. The lowest BCUT2D eigenvalue weighted by Gasteiger charge is -2.08. The first kappa shape index (κ1) is 10.9. The normalized spacial score (nSPS) is 17.0. The molecule has 1 saturated heterocycles. The Hall–Kier alpha value is -2.18. The van der Waals surface area contributed by atoms with Gasteiger partial charge in [0.15, 0.2) is 0 Å². The molecule has 1 N–H and O–H groups in total. The van der Waals surface area contributed by atoms with Crippen molar-refractivity contribution in [3.63, 3.8) is 0 Å². The van der Waals surface area contributed by atoms with Crippen LogP contribution in [0.1, 0.15) is 0 Å². The Morgan fingerprint density at radius 1 is 1.33 bits per heavy atom. The molecule has 0 bridgehead atoms. The molecule has 1 aliphatic rings. The predicted molar refractivity (Wildman–Crippen MR) is 46.7 cm³/mol. The molecule has 1 heterocycles. The number of urea groups is 1. The van der Waals surface area contributed by atoms with E-state index < -0.39 is 23.8 Å². The minimum atomic E-state index is -1.19. The Morgan fingerprint density at radius 3 is 2.33 bits per heavy atom. The molecular weight excluding hydrogens is 204 g/mol. The van der Waals surface area contributed by atoms with Crippen molar-refractivity contribution >= 4 is 23.8 Å². The molecule has 0 unspecified atom stereocenters. The molecule has 80 valence electrons. The van der Waals surface area contributed by atoms with E-state index in [0.29, 0.717) is 9.80 Å². The Morgan fingerprint density at radius 2 is 1.93 bits per heavy atom. The van der Waals surface area contributed by atoms with Crippen molar-refractivity contribution in [2.75, 3.05) is 13.6 Å². The summed E-state index contributed by atoms with van der Waals surface area (Å²) in [6.07, 6.45) is 1.91. The number of imide groups is 2. The van der Waals surface area contributed by atoms with Crippen LogP contribution in [0, 0.1) is 0 Å². The maximum absolute atomic E-state index is 11.2. The van der Waals surface area contributed by atoms with E-state index in [1.54, 1.807) is 0 Å². The lowest BCUT2D eigenvalue weighted by atomic mass is 10.4. The molecule has 0 aliphatic carbocycles. The molecule has 1 aliphatic heterocycles. The van der Waals surface area contributed by atoms with Crippen LogP contribution in [0.4, 0.5) is 4.79 Å². The maximum Gasteiger partial charge on any atom is 0.334 e. The van der Waals surface area contributed by atoms with Crippen molar-refractivity contribution in [1.82, 2.24) is 9.80 Å². The number of carbonyl (C=O) groups is 4. The molecule has 0 spiro atoms. The fraction of sp³-hybridized carbons (Fsp3) is 0.250. The second kappa shape index (κ2) is 3.91. The molecule has 0 radical (unpaired) electrons. The first-order valence-electron chi connectivity index (χ1n) is 3.98. The lowest BCUT2D eigenvalue weighted by molar-refractivity contribution is -0.142. The van der Waals surface area contributed by atoms with Crippen LogP contribution in [0.15, 0.2) is 12.2 Å². The maximum atomic E-state index is 11.2. The summed E-state index contributed by atoms with van der Waals surface area (Å²) in [5, 5.41) is 8.27. The summed E-state index contributed by atoms with van der Waals surface area (Å²) in [6, 6.07) is -0.750. The highest BCUT2D eigenvalue weighted by Gasteiger charge is 2.41. The monoisotopic (exact) mass is 212 g/mol. The standard InChI is InChI=1S/C8H8N2O5/c1-9-6(13)7(14)10(8(9)15)4-2-3-5(11)12/h2-3H,4H2,1H3,(H,11,12). The fourth-order valence-corrected chi connectivity index (χ4v) is 1.03. The summed E-state index contributed by atoms with van der Waals surface area (Å²) in [6.45, 7) is -0.222. The van der Waals surface area contributed by atoms with Crippen LogP contribution >= 0.6 is 0 Å². The van der Waals surface area contributed by atoms with Gasteiger partial charge in [-0.1, -0.05) is 6.08 Å². The average molecular weight is 212 g/mol. The van der Waals surface area contributed by atoms with Gasteiger partial charge in [-0.3, -0.25) is 19.4 Å². The summed E-state index contributed by atoms with van der Waals surface area (Å²) >= 11 is 0. The quantitative estimate of drug-likeness (QED) is 0.369. The molecule has 7 heteroatoms. The van der Waals surface area contributed by atoms with Crippen LogP contribution in [0.25, 0.3) is 0 Å². The number of nitrogens with zero attached hydrogens (tertiary/aromatic N) is 2. The number of hydrogen-bond acceptors (Lipinski definition) is 4. The van der Waals surface area contributed by atoms with E-state index in [1.807, 2.05) is 0 Å². The third kappa shape index (κ3) is 2.01. The predicted octanol–water partition coefficient (Wildman–Crippen LogP) is -0.952. The van der Waals surface area contributed by atoms with E-state index in [0.717, 1.165) is 12.2 Å². The van der Waals surface area contributed by atoms with Gasteiger partial charge >= 0.3 is 23.8 Å². The number of carbonyl (C=O) groups excluding carboxylic acids is 3. The molecule has 0 saturated carbocycles. The van der Waals surface area contributed by atoms with Crippen molar-refractivity contribution in [1.29, 1.82) is 0 Å². The van der Waals surface area contributed by atoms with E-state index in [-0.39, 0.29) is 6.54 Å². The van der Waals surface area contributed by atoms with Gasteiger partial charge in [0.25, 0.3) is 0 Å². The van der Waals surface area contributed by atoms with E-state index in [1.165, 1.54) is 7.05 Å². The number of amides is 4. The van der Waals surface area contributed by atoms with Gasteiger partial charge in [0.1, 0.15) is 0 Å². The van der Waals surface area contributed by atoms with Crippen LogP contribution in [0.2, 0.25) is 0 Å². The smallest absolute Gasteiger partial charge is 0.334 e. The molecular formula is C8H8N2O5. The molecule has 4 amide bonds. The van der Waals surface area contributed by atoms with Gasteiger partial charge in [0.05, 0.1) is 0 Å². The molecule has 0 aromatic carbocycles. The minimum absolute atomic E-state index is 0.222. The molecule has 1 fully saturated rings. The van der Waals surface area contributed by atoms with Gasteiger partial charge in [-0.15, -0.1) is 0 Å². The topological polar surface area (TPSA) is 95.0 Å². The van der Waals surface area contributed by atoms with Crippen LogP contribution < -0.4 is 0 Å². The first-order chi connectivity index (χ1) is 6.95. The summed E-state index contributed by atoms with van der Waals surface area (Å²) in [5.41, 5.74) is 0. The Balaban J connectivity index is 2.72. The van der Waals surface area contributed by atoms with Crippen LogP contribution in [0.3, 0.4) is 0 Å². The minimum Gasteiger partial charge on any atom is -0.478 e. The van der Waals surface area contributed by atoms with E-state index in [9.17, 15) is 19.2 Å². The van der Waals surface area contributed by atoms with Crippen molar-refractivity contribution in [3.05, 3.63) is 12.2 Å². The van der Waals surface area contributed by atoms with E-state index in [2.05, 4.69) is 0 Å². The van der Waals surface area contributed by atoms with Gasteiger partial charge in [-0.25, -0.2) is 9.59 Å². The number of hydrogen-bond donors (Lipinski definition) is 1. The van der Waals surface area contributed by atoms with Crippen LogP contribution in [-0.2, 0) is 14.4 Å². The molecule has 1 rings (SSSR count). The molecule has 15 heavy (non-hydrogen) atoms. The van der Waals surface area contributed by atoms with Crippen molar-refractivity contribution < 1.29 is 24.3 Å². The van der Waals surface area contributed by atoms with Crippen LogP contribution in [0.5, 0.6) is 0 Å². The third-order valence-electron chi connectivity index (χ3n) is 1.80. The first-order valence-corrected chi connectivity index (χ1v) is 3.98. The molecule has 0 aromatic heterocycles. The van der Waals surface area contributed by atoms with Gasteiger partial charge in [-0.2, -0.15) is 0 Å². The SMILES string of the molecule is CN1C(=O)C(=O)N(CC=CC(=O)O)C1=O. The summed E-state index contributed by atoms with van der Waals surface area (Å²) in [4.78, 5) is 44.8. The summed E-state index contributed by atoms with van der Waals surface area (Å²) < 4.78 is 0. The largest absolute Gasteiger partial charge is 0.478 e. The van der Waals surface area contributed by atoms with Gasteiger partial charge in [-0.05, 0) is 0 Å². The van der Waals surface area contributed by atoms with Crippen molar-refractivity contribution in [3.8, 4) is 0 Å². The number of carboxylic acid groups (broad SMARTS) is 1. The van der Waals surface area contributed by atoms with E-state index >= 15 is 0 Å². The van der Waals surface area contributed by atoms with Crippen LogP contribution in [-0.4, -0.2) is 52.3 Å². The van der Waals surface area contributed by atoms with Crippen molar-refractivity contribution in [2.45, 2.75) is 0 Å². The second-order valence-electron chi connectivity index (χ2n) is 2.80. The lowest BCUT2D eigenvalue weighted by Crippen LogP contribution is -2.31. The second-order valence-corrected chi connectivity index (χ2v) is 2.80. The summed E-state index contributed by atoms with van der Waals surface area (Å²) in [5.74, 6) is -3.05. The van der Waals surface area contributed by atoms with Crippen molar-refractivity contribution in [2.24, 2.45) is 0 Å². The molecule has 0 atom stereocenters.